The van der Waals surface area contributed by atoms with Crippen LogP contribution < -0.4 is 0 Å². The average molecular weight is 561 g/mol. The molecule has 1 saturated heterocycles. The molecule has 11 heteroatoms. The first-order chi connectivity index (χ1) is 18.6. The lowest BCUT2D eigenvalue weighted by molar-refractivity contribution is -0.352. The van der Waals surface area contributed by atoms with Crippen molar-refractivity contribution >= 4 is 17.7 Å². The van der Waals surface area contributed by atoms with Gasteiger partial charge in [-0.15, -0.1) is 0 Å². The molecule has 3 fully saturated rings. The molecule has 4 aliphatic rings. The van der Waals surface area contributed by atoms with Crippen molar-refractivity contribution in [1.29, 1.82) is 0 Å². The molecule has 1 aromatic rings. The molecule has 0 unspecified atom stereocenters. The number of esters is 2. The molecule has 3 aliphatic carbocycles. The van der Waals surface area contributed by atoms with Crippen molar-refractivity contribution in [2.75, 3.05) is 6.61 Å². The molecule has 2 bridgehead atoms. The standard InChI is InChI=1S/C29H36O11/c1-13-18-20(33)22(34)27(5)16(31)11-17-28(12-38-17,40-14(2)30)21(27)24(39-25(36)15-9-7-6-8-10-15)29(37,26(18,3)4)23(35)19(13)32/h6-10,16-17,19-21,23-24,31-33,35,37H,11-12H2,1-5H3/t16-,17-,19+,20+,21-,23-,24-,27-,28-,29+/m0/s1. The Morgan fingerprint density at radius 1 is 1.05 bits per heavy atom. The van der Waals surface area contributed by atoms with Crippen LogP contribution in [0.5, 0.6) is 0 Å². The first-order valence-corrected chi connectivity index (χ1v) is 13.3. The van der Waals surface area contributed by atoms with Gasteiger partial charge in [0.1, 0.15) is 36.1 Å². The van der Waals surface area contributed by atoms with Crippen molar-refractivity contribution in [1.82, 2.24) is 0 Å². The number of aliphatic hydroxyl groups excluding tert-OH is 4. The van der Waals surface area contributed by atoms with E-state index < -0.39 is 82.3 Å². The van der Waals surface area contributed by atoms with Gasteiger partial charge in [-0.2, -0.15) is 0 Å². The zero-order valence-electron chi connectivity index (χ0n) is 23.0. The number of ketones is 1. The molecule has 1 aromatic carbocycles. The second-order valence-corrected chi connectivity index (χ2v) is 12.3. The van der Waals surface area contributed by atoms with E-state index in [1.54, 1.807) is 18.2 Å². The summed E-state index contributed by atoms with van der Waals surface area (Å²) in [6, 6.07) is 7.83. The van der Waals surface area contributed by atoms with Crippen molar-refractivity contribution in [3.63, 3.8) is 0 Å². The molecule has 0 radical (unpaired) electrons. The van der Waals surface area contributed by atoms with E-state index >= 15 is 0 Å². The van der Waals surface area contributed by atoms with E-state index in [9.17, 15) is 39.9 Å². The van der Waals surface area contributed by atoms with Crippen molar-refractivity contribution in [2.45, 2.75) is 88.9 Å². The molecule has 1 heterocycles. The highest BCUT2D eigenvalue weighted by atomic mass is 16.6. The number of aliphatic hydroxyl groups is 5. The highest BCUT2D eigenvalue weighted by molar-refractivity contribution is 5.94. The summed E-state index contributed by atoms with van der Waals surface area (Å²) in [5, 5.41) is 58.3. The zero-order chi connectivity index (χ0) is 29.6. The van der Waals surface area contributed by atoms with Crippen LogP contribution in [0, 0.1) is 16.7 Å². The molecule has 0 spiro atoms. The van der Waals surface area contributed by atoms with Crippen LogP contribution in [0.2, 0.25) is 0 Å². The fourth-order valence-corrected chi connectivity index (χ4v) is 7.79. The first-order valence-electron chi connectivity index (χ1n) is 13.3. The molecule has 5 rings (SSSR count). The Labute approximate surface area is 231 Å². The van der Waals surface area contributed by atoms with Gasteiger partial charge in [0.15, 0.2) is 11.4 Å². The summed E-state index contributed by atoms with van der Waals surface area (Å²) in [4.78, 5) is 40.3. The maximum absolute atomic E-state index is 14.3. The third-order valence-electron chi connectivity index (χ3n) is 10.0. The van der Waals surface area contributed by atoms with Crippen molar-refractivity contribution in [3.05, 3.63) is 47.0 Å². The fourth-order valence-electron chi connectivity index (χ4n) is 7.79. The van der Waals surface area contributed by atoms with Gasteiger partial charge < -0.3 is 39.7 Å². The Hall–Kier alpha value is -2.67. The van der Waals surface area contributed by atoms with E-state index in [4.69, 9.17) is 14.2 Å². The number of hydrogen-bond acceptors (Lipinski definition) is 11. The smallest absolute Gasteiger partial charge is 0.338 e. The van der Waals surface area contributed by atoms with Crippen LogP contribution in [-0.4, -0.2) is 97.7 Å². The molecule has 5 N–H and O–H groups in total. The number of benzene rings is 1. The molecule has 0 aromatic heterocycles. The molecule has 40 heavy (non-hydrogen) atoms. The van der Waals surface area contributed by atoms with Gasteiger partial charge in [-0.05, 0) is 37.1 Å². The lowest BCUT2D eigenvalue weighted by atomic mass is 9.44. The molecule has 11 nitrogen and oxygen atoms in total. The lowest BCUT2D eigenvalue weighted by Gasteiger charge is -2.67. The number of carbonyl (C=O) groups excluding carboxylic acids is 3. The molecular formula is C29H36O11. The topological polar surface area (TPSA) is 180 Å². The third-order valence-corrected chi connectivity index (χ3v) is 10.0. The maximum atomic E-state index is 14.3. The molecular weight excluding hydrogens is 524 g/mol. The second-order valence-electron chi connectivity index (χ2n) is 12.3. The van der Waals surface area contributed by atoms with Gasteiger partial charge >= 0.3 is 11.9 Å². The molecule has 2 saturated carbocycles. The maximum Gasteiger partial charge on any atom is 0.338 e. The Kier molecular flexibility index (Phi) is 6.61. The minimum atomic E-state index is -2.55. The number of Topliss-reactive ketones (excluding diaryl/α,β-unsaturated/α-hetero) is 1. The van der Waals surface area contributed by atoms with Gasteiger partial charge in [0.05, 0.1) is 29.6 Å². The van der Waals surface area contributed by atoms with Gasteiger partial charge in [0.25, 0.3) is 0 Å². The number of fused-ring (bicyclic) bond motifs is 5. The Balaban J connectivity index is 1.85. The predicted octanol–water partition coefficient (Wildman–Crippen LogP) is 0.0526. The van der Waals surface area contributed by atoms with E-state index in [0.29, 0.717) is 0 Å². The highest BCUT2D eigenvalue weighted by Crippen LogP contribution is 2.63. The summed E-state index contributed by atoms with van der Waals surface area (Å²) >= 11 is 0. The number of hydrogen-bond donors (Lipinski definition) is 5. The van der Waals surface area contributed by atoms with Crippen molar-refractivity contribution in [3.8, 4) is 0 Å². The summed E-state index contributed by atoms with van der Waals surface area (Å²) in [5.41, 5.74) is -7.76. The summed E-state index contributed by atoms with van der Waals surface area (Å²) in [6.07, 6.45) is -10.1. The SMILES string of the molecule is CC(=O)O[C@@]12CO[C@H]1C[C@H](O)[C@]1(C)C(=O)[C@H](O)C3=C(C)[C@@H](O)[C@H](O)[C@@](O)([C@@H](OC(=O)c4ccccc4)[C@H]21)C3(C)C. The quantitative estimate of drug-likeness (QED) is 0.249. The van der Waals surface area contributed by atoms with Crippen LogP contribution in [-0.2, 0) is 23.8 Å². The molecule has 218 valence electrons. The first kappa shape index (κ1) is 28.8. The summed E-state index contributed by atoms with van der Waals surface area (Å²) in [6.45, 7) is 6.63. The zero-order valence-corrected chi connectivity index (χ0v) is 23.0. The van der Waals surface area contributed by atoms with E-state index in [0.717, 1.165) is 6.92 Å². The van der Waals surface area contributed by atoms with Crippen LogP contribution in [0.15, 0.2) is 41.5 Å². The largest absolute Gasteiger partial charge is 0.455 e. The fraction of sp³-hybridized carbons (Fsp3) is 0.621. The monoisotopic (exact) mass is 560 g/mol. The number of rotatable bonds is 3. The van der Waals surface area contributed by atoms with Crippen LogP contribution >= 0.6 is 0 Å². The highest BCUT2D eigenvalue weighted by Gasteiger charge is 2.79. The van der Waals surface area contributed by atoms with E-state index in [2.05, 4.69) is 0 Å². The van der Waals surface area contributed by atoms with Gasteiger partial charge in [0.2, 0.25) is 0 Å². The molecule has 0 amide bonds. The van der Waals surface area contributed by atoms with Crippen LogP contribution in [0.1, 0.15) is 51.4 Å². The van der Waals surface area contributed by atoms with Gasteiger partial charge in [-0.3, -0.25) is 9.59 Å². The Bertz CT molecular complexity index is 1270. The lowest BCUT2D eigenvalue weighted by Crippen LogP contribution is -2.83. The van der Waals surface area contributed by atoms with Crippen LogP contribution in [0.25, 0.3) is 0 Å². The number of carbonyl (C=O) groups is 3. The normalized spacial score (nSPS) is 43.9. The minimum Gasteiger partial charge on any atom is -0.455 e. The molecule has 10 atom stereocenters. The number of ether oxygens (including phenoxy) is 3. The Morgan fingerprint density at radius 2 is 1.68 bits per heavy atom. The van der Waals surface area contributed by atoms with Gasteiger partial charge in [-0.1, -0.05) is 32.0 Å². The summed E-state index contributed by atoms with van der Waals surface area (Å²) < 4.78 is 17.5. The summed E-state index contributed by atoms with van der Waals surface area (Å²) in [7, 11) is 0. The predicted molar refractivity (Wildman–Crippen MR) is 137 cm³/mol. The van der Waals surface area contributed by atoms with Crippen molar-refractivity contribution in [2.24, 2.45) is 16.7 Å². The summed E-state index contributed by atoms with van der Waals surface area (Å²) in [5.74, 6) is -4.04. The second kappa shape index (κ2) is 9.17. The average Bonchev–Trinajstić information content (AvgIpc) is 2.90. The van der Waals surface area contributed by atoms with Crippen molar-refractivity contribution < 1.29 is 54.1 Å². The van der Waals surface area contributed by atoms with E-state index in [1.807, 2.05) is 0 Å². The molecule has 1 aliphatic heterocycles. The minimum absolute atomic E-state index is 0.0565. The van der Waals surface area contributed by atoms with Crippen LogP contribution in [0.3, 0.4) is 0 Å². The van der Waals surface area contributed by atoms with Crippen LogP contribution in [0.4, 0.5) is 0 Å². The third kappa shape index (κ3) is 3.48. The van der Waals surface area contributed by atoms with E-state index in [-0.39, 0.29) is 29.7 Å². The van der Waals surface area contributed by atoms with Gasteiger partial charge in [-0.25, -0.2) is 4.79 Å². The van der Waals surface area contributed by atoms with E-state index in [1.165, 1.54) is 39.8 Å². The Morgan fingerprint density at radius 3 is 2.23 bits per heavy atom. The van der Waals surface area contributed by atoms with Gasteiger partial charge in [0, 0.05) is 18.8 Å².